The van der Waals surface area contributed by atoms with Crippen molar-refractivity contribution in [3.8, 4) is 5.75 Å². The fourth-order valence-electron chi connectivity index (χ4n) is 5.96. The number of ether oxygens (including phenoxy) is 2. The van der Waals surface area contributed by atoms with Gasteiger partial charge in [0.15, 0.2) is 0 Å². The van der Waals surface area contributed by atoms with Crippen molar-refractivity contribution < 1.29 is 14.3 Å². The maximum Gasteiger partial charge on any atom is 0.226 e. The molecule has 1 aromatic carbocycles. The van der Waals surface area contributed by atoms with Crippen LogP contribution in [0.4, 0.5) is 11.5 Å². The molecule has 5 heterocycles. The van der Waals surface area contributed by atoms with Crippen LogP contribution in [-0.2, 0) is 28.9 Å². The van der Waals surface area contributed by atoms with Crippen LogP contribution < -0.4 is 10.1 Å². The van der Waals surface area contributed by atoms with Crippen molar-refractivity contribution in [1.29, 1.82) is 0 Å². The normalized spacial score (nSPS) is 24.1. The van der Waals surface area contributed by atoms with Crippen molar-refractivity contribution in [1.82, 2.24) is 14.9 Å². The van der Waals surface area contributed by atoms with E-state index < -0.39 is 0 Å². The van der Waals surface area contributed by atoms with Gasteiger partial charge in [0.05, 0.1) is 43.0 Å². The number of morpholine rings is 1. The van der Waals surface area contributed by atoms with Gasteiger partial charge in [-0.1, -0.05) is 0 Å². The van der Waals surface area contributed by atoms with E-state index in [1.807, 2.05) is 13.1 Å². The van der Waals surface area contributed by atoms with E-state index in [-0.39, 0.29) is 18.1 Å². The highest BCUT2D eigenvalue weighted by atomic mass is 32.1. The molecule has 2 bridgehead atoms. The molecule has 2 unspecified atom stereocenters. The molecule has 1 aliphatic carbocycles. The topological polar surface area (TPSA) is 88.9 Å². The van der Waals surface area contributed by atoms with E-state index in [4.69, 9.17) is 9.47 Å². The van der Waals surface area contributed by atoms with Gasteiger partial charge in [0, 0.05) is 23.6 Å². The van der Waals surface area contributed by atoms with Crippen LogP contribution in [0.1, 0.15) is 41.3 Å². The van der Waals surface area contributed by atoms with E-state index in [2.05, 4.69) is 37.3 Å². The van der Waals surface area contributed by atoms with Gasteiger partial charge in [-0.25, -0.2) is 9.97 Å². The Morgan fingerprint density at radius 3 is 3.11 bits per heavy atom. The first-order chi connectivity index (χ1) is 17.2. The molecular formula is C26H27N5O3S. The summed E-state index contributed by atoms with van der Waals surface area (Å²) in [6, 6.07) is 4.43. The minimum Gasteiger partial charge on any atom is -0.492 e. The Hall–Kier alpha value is -3.04. The van der Waals surface area contributed by atoms with Gasteiger partial charge in [-0.3, -0.25) is 9.79 Å². The number of benzene rings is 1. The quantitative estimate of drug-likeness (QED) is 0.585. The van der Waals surface area contributed by atoms with E-state index >= 15 is 0 Å². The Morgan fingerprint density at radius 1 is 1.34 bits per heavy atom. The summed E-state index contributed by atoms with van der Waals surface area (Å²) in [4.78, 5) is 31.2. The molecule has 35 heavy (non-hydrogen) atoms. The SMILES string of the molecule is CCOc1cc2c(cc1Nc1ncnc3sc4c(c13)CC[C@H](C(=O)N1CC3CC1CO3)C4)C=NC2. The van der Waals surface area contributed by atoms with Gasteiger partial charge < -0.3 is 19.7 Å². The van der Waals surface area contributed by atoms with Crippen LogP contribution in [0, 0.1) is 5.92 Å². The number of anilines is 2. The molecule has 0 radical (unpaired) electrons. The summed E-state index contributed by atoms with van der Waals surface area (Å²) in [7, 11) is 0. The number of hydrogen-bond acceptors (Lipinski definition) is 8. The molecule has 3 aliphatic heterocycles. The largest absolute Gasteiger partial charge is 0.492 e. The van der Waals surface area contributed by atoms with Crippen molar-refractivity contribution in [2.75, 3.05) is 25.1 Å². The van der Waals surface area contributed by atoms with Crippen LogP contribution in [0.3, 0.4) is 0 Å². The fraction of sp³-hybridized carbons (Fsp3) is 0.462. The highest BCUT2D eigenvalue weighted by Gasteiger charge is 2.43. The van der Waals surface area contributed by atoms with Crippen LogP contribution in [-0.4, -0.2) is 58.9 Å². The maximum atomic E-state index is 13.3. The summed E-state index contributed by atoms with van der Waals surface area (Å²) >= 11 is 1.70. The van der Waals surface area contributed by atoms with Crippen LogP contribution in [0.5, 0.6) is 5.75 Å². The molecule has 1 N–H and O–H groups in total. The molecule has 2 saturated heterocycles. The number of carbonyl (C=O) groups is 1. The smallest absolute Gasteiger partial charge is 0.226 e. The Bertz CT molecular complexity index is 1370. The lowest BCUT2D eigenvalue weighted by Crippen LogP contribution is -2.45. The van der Waals surface area contributed by atoms with Gasteiger partial charge in [0.25, 0.3) is 0 Å². The summed E-state index contributed by atoms with van der Waals surface area (Å²) in [6.07, 6.45) is 7.27. The molecule has 2 fully saturated rings. The standard InChI is InChI=1S/C26H27N5O3S/c1-2-33-21-6-16-10-27-9-15(16)5-20(21)30-24-23-19-4-3-14(7-22(19)35-25(23)29-13-28-24)26(32)31-11-18-8-17(31)12-34-18/h5-6,9,13-14,17-18H,2-4,7-8,10-12H2,1H3,(H,28,29,30)/t14-,17?,18?/m0/s1. The molecule has 3 aromatic rings. The number of likely N-dealkylation sites (tertiary alicyclic amines) is 1. The molecular weight excluding hydrogens is 462 g/mol. The summed E-state index contributed by atoms with van der Waals surface area (Å²) in [6.45, 7) is 4.72. The number of rotatable bonds is 5. The summed E-state index contributed by atoms with van der Waals surface area (Å²) in [5.74, 6) is 1.94. The van der Waals surface area contributed by atoms with Crippen molar-refractivity contribution in [3.63, 3.8) is 0 Å². The maximum absolute atomic E-state index is 13.3. The second-order valence-corrected chi connectivity index (χ2v) is 10.8. The van der Waals surface area contributed by atoms with Crippen molar-refractivity contribution in [2.45, 2.75) is 51.3 Å². The van der Waals surface area contributed by atoms with E-state index in [0.717, 1.165) is 65.3 Å². The second-order valence-electron chi connectivity index (χ2n) is 9.76. The van der Waals surface area contributed by atoms with Gasteiger partial charge in [0.1, 0.15) is 22.7 Å². The van der Waals surface area contributed by atoms with Crippen LogP contribution in [0.2, 0.25) is 0 Å². The van der Waals surface area contributed by atoms with Gasteiger partial charge in [0.2, 0.25) is 5.91 Å². The summed E-state index contributed by atoms with van der Waals surface area (Å²) in [5.41, 5.74) is 4.45. The highest BCUT2D eigenvalue weighted by molar-refractivity contribution is 7.19. The number of hydrogen-bond donors (Lipinski definition) is 1. The first kappa shape index (κ1) is 21.3. The number of nitrogens with zero attached hydrogens (tertiary/aromatic N) is 4. The minimum atomic E-state index is 0.0415. The Kier molecular flexibility index (Phi) is 5.02. The van der Waals surface area contributed by atoms with Crippen LogP contribution in [0.25, 0.3) is 10.2 Å². The second kappa shape index (κ2) is 8.27. The van der Waals surface area contributed by atoms with Crippen LogP contribution in [0.15, 0.2) is 23.5 Å². The monoisotopic (exact) mass is 489 g/mol. The molecule has 0 spiro atoms. The van der Waals surface area contributed by atoms with E-state index in [9.17, 15) is 4.79 Å². The number of aryl methyl sites for hydroxylation is 1. The number of carbonyl (C=O) groups excluding carboxylic acids is 1. The average Bonchev–Trinajstić information content (AvgIpc) is 3.66. The number of thiophene rings is 1. The zero-order valence-corrected chi connectivity index (χ0v) is 20.4. The van der Waals surface area contributed by atoms with E-state index in [0.29, 0.717) is 25.7 Å². The number of aromatic nitrogens is 2. The number of amides is 1. The highest BCUT2D eigenvalue weighted by Crippen LogP contribution is 2.42. The Morgan fingerprint density at radius 2 is 2.29 bits per heavy atom. The first-order valence-corrected chi connectivity index (χ1v) is 13.2. The van der Waals surface area contributed by atoms with Gasteiger partial charge in [-0.15, -0.1) is 11.3 Å². The molecule has 4 aliphatic rings. The third-order valence-electron chi connectivity index (χ3n) is 7.66. The molecule has 180 valence electrons. The molecule has 8 nitrogen and oxygen atoms in total. The van der Waals surface area contributed by atoms with Crippen molar-refractivity contribution in [3.05, 3.63) is 40.0 Å². The fourth-order valence-corrected chi connectivity index (χ4v) is 7.23. The molecule has 7 rings (SSSR count). The summed E-state index contributed by atoms with van der Waals surface area (Å²) < 4.78 is 11.6. The lowest BCUT2D eigenvalue weighted by molar-refractivity contribution is -0.140. The third kappa shape index (κ3) is 3.51. The molecule has 9 heteroatoms. The van der Waals surface area contributed by atoms with Gasteiger partial charge in [-0.05, 0) is 61.4 Å². The third-order valence-corrected chi connectivity index (χ3v) is 8.83. The number of aliphatic imine (C=N–C) groups is 1. The predicted molar refractivity (Wildman–Crippen MR) is 135 cm³/mol. The van der Waals surface area contributed by atoms with Crippen molar-refractivity contribution >= 4 is 45.2 Å². The van der Waals surface area contributed by atoms with Gasteiger partial charge in [-0.2, -0.15) is 0 Å². The molecule has 1 amide bonds. The molecule has 2 aromatic heterocycles. The summed E-state index contributed by atoms with van der Waals surface area (Å²) in [5, 5.41) is 4.62. The average molecular weight is 490 g/mol. The first-order valence-electron chi connectivity index (χ1n) is 12.4. The lowest BCUT2D eigenvalue weighted by atomic mass is 9.86. The minimum absolute atomic E-state index is 0.0415. The zero-order valence-electron chi connectivity index (χ0n) is 19.6. The Balaban J connectivity index is 1.19. The molecule has 3 atom stereocenters. The van der Waals surface area contributed by atoms with E-state index in [1.54, 1.807) is 17.7 Å². The number of nitrogens with one attached hydrogen (secondary N) is 1. The van der Waals surface area contributed by atoms with Crippen molar-refractivity contribution in [2.24, 2.45) is 10.9 Å². The number of fused-ring (bicyclic) bond motifs is 6. The molecule has 0 saturated carbocycles. The lowest BCUT2D eigenvalue weighted by Gasteiger charge is -2.32. The van der Waals surface area contributed by atoms with Crippen LogP contribution >= 0.6 is 11.3 Å². The zero-order chi connectivity index (χ0) is 23.5. The van der Waals surface area contributed by atoms with E-state index in [1.165, 1.54) is 16.0 Å². The van der Waals surface area contributed by atoms with Gasteiger partial charge >= 0.3 is 0 Å². The Labute approximate surface area is 207 Å². The predicted octanol–water partition coefficient (Wildman–Crippen LogP) is 3.87.